The third-order valence-corrected chi connectivity index (χ3v) is 7.58. The number of aliphatic hydroxyl groups is 1. The zero-order chi connectivity index (χ0) is 26.6. The van der Waals surface area contributed by atoms with Gasteiger partial charge in [0.05, 0.1) is 31.1 Å². The van der Waals surface area contributed by atoms with Gasteiger partial charge in [-0.25, -0.2) is 9.97 Å². The molecule has 2 atom stereocenters. The van der Waals surface area contributed by atoms with E-state index < -0.39 is 6.10 Å². The average molecular weight is 530 g/mol. The Kier molecular flexibility index (Phi) is 7.69. The number of carbonyl (C=O) groups is 1. The molecular weight excluding hydrogens is 494 g/mol. The SMILES string of the molecule is O=C1NCCNCc2ccc(cc2)-c2ccnc(n2)Nc2ccc(N3CCOCC3)c(c2)CN2C[C@H](O)C[C@@H]12. The minimum absolute atomic E-state index is 0.0421. The summed E-state index contributed by atoms with van der Waals surface area (Å²) in [4.78, 5) is 26.8. The van der Waals surface area contributed by atoms with Crippen LogP contribution in [0, 0.1) is 0 Å². The van der Waals surface area contributed by atoms with Gasteiger partial charge >= 0.3 is 0 Å². The predicted octanol–water partition coefficient (Wildman–Crippen LogP) is 1.88. The van der Waals surface area contributed by atoms with E-state index in [1.165, 1.54) is 0 Å². The number of nitrogens with one attached hydrogen (secondary N) is 3. The number of fused-ring (bicyclic) bond motifs is 7. The monoisotopic (exact) mass is 529 g/mol. The number of amides is 1. The highest BCUT2D eigenvalue weighted by Crippen LogP contribution is 2.31. The van der Waals surface area contributed by atoms with Crippen molar-refractivity contribution >= 4 is 23.2 Å². The van der Waals surface area contributed by atoms with E-state index in [4.69, 9.17) is 9.72 Å². The molecule has 39 heavy (non-hydrogen) atoms. The van der Waals surface area contributed by atoms with Gasteiger partial charge < -0.3 is 30.7 Å². The molecule has 7 rings (SSSR count). The normalized spacial score (nSPS) is 22.6. The molecule has 1 aromatic heterocycles. The molecule has 10 heteroatoms. The lowest BCUT2D eigenvalue weighted by atomic mass is 10.1. The molecular formula is C29H35N7O3. The van der Waals surface area contributed by atoms with Crippen molar-refractivity contribution in [2.45, 2.75) is 31.7 Å². The number of aromatic nitrogens is 2. The standard InChI is InChI=1S/C29H35N7O3/c37-24-16-27-28(38)31-10-9-30-17-20-1-3-21(4-2-20)25-7-8-32-29(34-25)33-23-5-6-26(35-11-13-39-14-12-35)22(15-23)18-36(27)19-24/h1-8,15,24,27,30,37H,9-14,16-19H2,(H,31,38)(H,32,33,34)/t24-,27+/m1/s1. The maximum Gasteiger partial charge on any atom is 0.237 e. The van der Waals surface area contributed by atoms with E-state index in [9.17, 15) is 9.90 Å². The molecule has 6 bridgehead atoms. The summed E-state index contributed by atoms with van der Waals surface area (Å²) in [6.45, 7) is 5.88. The third kappa shape index (κ3) is 6.04. The molecule has 10 nitrogen and oxygen atoms in total. The maximum absolute atomic E-state index is 13.2. The van der Waals surface area contributed by atoms with Crippen LogP contribution in [0.5, 0.6) is 0 Å². The van der Waals surface area contributed by atoms with Crippen LogP contribution in [0.2, 0.25) is 0 Å². The van der Waals surface area contributed by atoms with E-state index in [0.29, 0.717) is 58.3 Å². The summed E-state index contributed by atoms with van der Waals surface area (Å²) in [6, 6.07) is 16.1. The van der Waals surface area contributed by atoms with Gasteiger partial charge in [0.1, 0.15) is 0 Å². The van der Waals surface area contributed by atoms with Crippen molar-refractivity contribution in [1.29, 1.82) is 0 Å². The number of carbonyl (C=O) groups excluding carboxylic acids is 1. The fourth-order valence-electron chi connectivity index (χ4n) is 5.58. The molecule has 0 unspecified atom stereocenters. The van der Waals surface area contributed by atoms with Crippen LogP contribution < -0.4 is 20.9 Å². The van der Waals surface area contributed by atoms with E-state index in [2.05, 4.69) is 67.1 Å². The Morgan fingerprint density at radius 1 is 1.03 bits per heavy atom. The van der Waals surface area contributed by atoms with Crippen molar-refractivity contribution in [1.82, 2.24) is 25.5 Å². The van der Waals surface area contributed by atoms with Crippen LogP contribution in [0.15, 0.2) is 54.7 Å². The first kappa shape index (κ1) is 25.7. The highest BCUT2D eigenvalue weighted by molar-refractivity contribution is 5.82. The van der Waals surface area contributed by atoms with Crippen LogP contribution in [-0.4, -0.2) is 84.0 Å². The number of rotatable bonds is 1. The van der Waals surface area contributed by atoms with Crippen LogP contribution >= 0.6 is 0 Å². The van der Waals surface area contributed by atoms with Gasteiger partial charge in [0, 0.05) is 68.9 Å². The minimum Gasteiger partial charge on any atom is -0.392 e. The fourth-order valence-corrected chi connectivity index (χ4v) is 5.58. The first-order chi connectivity index (χ1) is 19.1. The van der Waals surface area contributed by atoms with Crippen LogP contribution in [0.25, 0.3) is 11.3 Å². The minimum atomic E-state index is -0.535. The Bertz CT molecular complexity index is 1300. The Morgan fingerprint density at radius 2 is 1.87 bits per heavy atom. The predicted molar refractivity (Wildman–Crippen MR) is 150 cm³/mol. The molecule has 2 saturated heterocycles. The van der Waals surface area contributed by atoms with Gasteiger partial charge in [0.25, 0.3) is 0 Å². The average Bonchev–Trinajstić information content (AvgIpc) is 3.33. The van der Waals surface area contributed by atoms with Gasteiger partial charge in [-0.05, 0) is 41.8 Å². The zero-order valence-corrected chi connectivity index (χ0v) is 22.0. The maximum atomic E-state index is 13.2. The number of nitrogens with zero attached hydrogens (tertiary/aromatic N) is 4. The van der Waals surface area contributed by atoms with E-state index >= 15 is 0 Å². The van der Waals surface area contributed by atoms with Crippen molar-refractivity contribution in [3.63, 3.8) is 0 Å². The molecule has 204 valence electrons. The zero-order valence-electron chi connectivity index (χ0n) is 22.0. The Labute approximate surface area is 228 Å². The van der Waals surface area contributed by atoms with Gasteiger partial charge in [0.2, 0.25) is 11.9 Å². The first-order valence-electron chi connectivity index (χ1n) is 13.7. The van der Waals surface area contributed by atoms with E-state index in [-0.39, 0.29) is 11.9 Å². The van der Waals surface area contributed by atoms with Gasteiger partial charge in [-0.15, -0.1) is 0 Å². The van der Waals surface area contributed by atoms with Crippen molar-refractivity contribution < 1.29 is 14.6 Å². The summed E-state index contributed by atoms with van der Waals surface area (Å²) < 4.78 is 5.59. The number of ether oxygens (including phenoxy) is 1. The fraction of sp³-hybridized carbons (Fsp3) is 0.414. The molecule has 0 aliphatic carbocycles. The summed E-state index contributed by atoms with van der Waals surface area (Å²) in [7, 11) is 0. The number of morpholine rings is 1. The smallest absolute Gasteiger partial charge is 0.237 e. The molecule has 2 fully saturated rings. The second-order valence-electron chi connectivity index (χ2n) is 10.3. The Balaban J connectivity index is 1.35. The number of benzene rings is 2. The summed E-state index contributed by atoms with van der Waals surface area (Å²) >= 11 is 0. The molecule has 0 saturated carbocycles. The lowest BCUT2D eigenvalue weighted by Crippen LogP contribution is -2.45. The lowest BCUT2D eigenvalue weighted by Gasteiger charge is -2.32. The number of hydrogen-bond acceptors (Lipinski definition) is 9. The molecule has 4 aliphatic heterocycles. The van der Waals surface area contributed by atoms with E-state index in [1.807, 2.05) is 12.1 Å². The third-order valence-electron chi connectivity index (χ3n) is 7.58. The molecule has 2 aromatic carbocycles. The van der Waals surface area contributed by atoms with Crippen LogP contribution in [0.3, 0.4) is 0 Å². The molecule has 4 N–H and O–H groups in total. The van der Waals surface area contributed by atoms with Gasteiger partial charge in [0.15, 0.2) is 0 Å². The highest BCUT2D eigenvalue weighted by Gasteiger charge is 2.36. The van der Waals surface area contributed by atoms with Gasteiger partial charge in [-0.1, -0.05) is 24.3 Å². The van der Waals surface area contributed by atoms with Crippen molar-refractivity contribution in [3.05, 3.63) is 65.9 Å². The Hall–Kier alpha value is -3.57. The largest absolute Gasteiger partial charge is 0.392 e. The second-order valence-corrected chi connectivity index (χ2v) is 10.3. The van der Waals surface area contributed by atoms with Gasteiger partial charge in [-0.3, -0.25) is 9.69 Å². The van der Waals surface area contributed by atoms with Crippen LogP contribution in [0.4, 0.5) is 17.3 Å². The molecule has 3 aromatic rings. The van der Waals surface area contributed by atoms with Gasteiger partial charge in [-0.2, -0.15) is 0 Å². The molecule has 0 radical (unpaired) electrons. The summed E-state index contributed by atoms with van der Waals surface area (Å²) in [5.74, 6) is 0.478. The molecule has 1 amide bonds. The number of anilines is 3. The topological polar surface area (TPSA) is 115 Å². The molecule has 5 heterocycles. The summed E-state index contributed by atoms with van der Waals surface area (Å²) in [5, 5.41) is 20.4. The highest BCUT2D eigenvalue weighted by atomic mass is 16.5. The second kappa shape index (κ2) is 11.7. The number of hydrogen-bond donors (Lipinski definition) is 4. The molecule has 0 spiro atoms. The van der Waals surface area contributed by atoms with Crippen LogP contribution in [0.1, 0.15) is 17.5 Å². The quantitative estimate of drug-likeness (QED) is 0.375. The van der Waals surface area contributed by atoms with Crippen molar-refractivity contribution in [3.8, 4) is 11.3 Å². The summed E-state index contributed by atoms with van der Waals surface area (Å²) in [5.41, 5.74) is 6.10. The lowest BCUT2D eigenvalue weighted by molar-refractivity contribution is -0.125. The number of aliphatic hydroxyl groups excluding tert-OH is 1. The first-order valence-corrected chi connectivity index (χ1v) is 13.7. The van der Waals surface area contributed by atoms with E-state index in [1.54, 1.807) is 6.20 Å². The van der Waals surface area contributed by atoms with Crippen molar-refractivity contribution in [2.24, 2.45) is 0 Å². The van der Waals surface area contributed by atoms with Crippen LogP contribution in [-0.2, 0) is 22.6 Å². The molecule has 4 aliphatic rings. The van der Waals surface area contributed by atoms with E-state index in [0.717, 1.165) is 46.8 Å². The van der Waals surface area contributed by atoms with Crippen molar-refractivity contribution in [2.75, 3.05) is 56.2 Å². The Morgan fingerprint density at radius 3 is 2.72 bits per heavy atom. The summed E-state index contributed by atoms with van der Waals surface area (Å²) in [6.07, 6.45) is 1.66.